The van der Waals surface area contributed by atoms with Crippen LogP contribution in [0.1, 0.15) is 23.8 Å². The van der Waals surface area contributed by atoms with Gasteiger partial charge in [0.05, 0.1) is 18.8 Å². The molecule has 0 N–H and O–H groups in total. The molecule has 29 heavy (non-hydrogen) atoms. The van der Waals surface area contributed by atoms with Crippen molar-refractivity contribution in [3.05, 3.63) is 59.7 Å². The summed E-state index contributed by atoms with van der Waals surface area (Å²) in [6.45, 7) is 1.23. The van der Waals surface area contributed by atoms with Crippen molar-refractivity contribution in [2.45, 2.75) is 12.7 Å². The average molecular weight is 392 g/mol. The molecule has 7 nitrogen and oxygen atoms in total. The normalized spacial score (nSPS) is 14.5. The van der Waals surface area contributed by atoms with Crippen LogP contribution in [0.2, 0.25) is 0 Å². The summed E-state index contributed by atoms with van der Waals surface area (Å²) < 4.78 is 28.0. The van der Waals surface area contributed by atoms with Crippen molar-refractivity contribution >= 4 is 0 Å². The Hall–Kier alpha value is -3.18. The van der Waals surface area contributed by atoms with Gasteiger partial charge in [0.1, 0.15) is 23.1 Å². The van der Waals surface area contributed by atoms with Gasteiger partial charge in [0.2, 0.25) is 0 Å². The maximum Gasteiger partial charge on any atom is 0.188 e. The van der Waals surface area contributed by atoms with E-state index < -0.39 is 6.29 Å². The second kappa shape index (κ2) is 8.88. The molecule has 0 aliphatic carbocycles. The Kier molecular flexibility index (Phi) is 5.86. The third-order valence-corrected chi connectivity index (χ3v) is 4.55. The molecular weight excluding hydrogens is 372 g/mol. The Labute approximate surface area is 168 Å². The van der Waals surface area contributed by atoms with Crippen molar-refractivity contribution in [2.75, 3.05) is 27.1 Å². The second-order valence-corrected chi connectivity index (χ2v) is 6.41. The molecule has 7 heteroatoms. The van der Waals surface area contributed by atoms with Crippen LogP contribution < -0.4 is 4.74 Å². The van der Waals surface area contributed by atoms with Crippen LogP contribution in [-0.4, -0.2) is 32.3 Å². The summed E-state index contributed by atoms with van der Waals surface area (Å²) in [7, 11) is 1.54. The number of hydrogen-bond acceptors (Lipinski definition) is 7. The van der Waals surface area contributed by atoms with E-state index in [-0.39, 0.29) is 6.79 Å². The zero-order chi connectivity index (χ0) is 20.1. The quantitative estimate of drug-likeness (QED) is 0.578. The first-order valence-electron chi connectivity index (χ1n) is 9.27. The van der Waals surface area contributed by atoms with Gasteiger partial charge in [-0.2, -0.15) is 5.26 Å². The van der Waals surface area contributed by atoms with E-state index in [9.17, 15) is 5.26 Å². The van der Waals surface area contributed by atoms with Gasteiger partial charge in [-0.15, -0.1) is 0 Å². The minimum atomic E-state index is -0.576. The van der Waals surface area contributed by atoms with Crippen LogP contribution in [0.25, 0.3) is 22.6 Å². The fraction of sp³-hybridized carbons (Fsp3) is 0.273. The van der Waals surface area contributed by atoms with Gasteiger partial charge in [0.25, 0.3) is 0 Å². The van der Waals surface area contributed by atoms with Crippen LogP contribution in [0.5, 0.6) is 5.75 Å². The zero-order valence-electron chi connectivity index (χ0n) is 16.0. The van der Waals surface area contributed by atoms with Crippen molar-refractivity contribution in [2.24, 2.45) is 0 Å². The largest absolute Gasteiger partial charge is 0.467 e. The van der Waals surface area contributed by atoms with Gasteiger partial charge < -0.3 is 23.5 Å². The maximum absolute atomic E-state index is 9.90. The number of aromatic nitrogens is 1. The molecular formula is C22H20N2O5. The third kappa shape index (κ3) is 3.87. The molecule has 0 atom stereocenters. The van der Waals surface area contributed by atoms with E-state index in [0.717, 1.165) is 17.5 Å². The minimum absolute atomic E-state index is 0.0497. The van der Waals surface area contributed by atoms with Crippen molar-refractivity contribution < 1.29 is 23.5 Å². The molecule has 0 spiro atoms. The van der Waals surface area contributed by atoms with Gasteiger partial charge >= 0.3 is 0 Å². The number of ether oxygens (including phenoxy) is 4. The molecule has 0 bridgehead atoms. The summed E-state index contributed by atoms with van der Waals surface area (Å²) in [6, 6.07) is 17.1. The maximum atomic E-state index is 9.90. The van der Waals surface area contributed by atoms with Gasteiger partial charge in [0, 0.05) is 18.2 Å². The molecule has 0 amide bonds. The molecule has 148 valence electrons. The highest BCUT2D eigenvalue weighted by atomic mass is 16.7. The van der Waals surface area contributed by atoms with E-state index >= 15 is 0 Å². The summed E-state index contributed by atoms with van der Waals surface area (Å²) in [5, 5.41) is 14.1. The van der Waals surface area contributed by atoms with Crippen LogP contribution in [0.3, 0.4) is 0 Å². The van der Waals surface area contributed by atoms with Gasteiger partial charge in [0.15, 0.2) is 18.8 Å². The number of nitriles is 1. The number of benzene rings is 2. The third-order valence-electron chi connectivity index (χ3n) is 4.55. The molecule has 1 aromatic heterocycles. The lowest BCUT2D eigenvalue weighted by Crippen LogP contribution is -2.18. The Morgan fingerprint density at radius 2 is 1.90 bits per heavy atom. The van der Waals surface area contributed by atoms with E-state index in [0.29, 0.717) is 41.5 Å². The van der Waals surface area contributed by atoms with Crippen molar-refractivity contribution in [3.63, 3.8) is 0 Å². The molecule has 0 saturated carbocycles. The lowest BCUT2D eigenvalue weighted by Gasteiger charge is -2.25. The van der Waals surface area contributed by atoms with E-state index in [1.807, 2.05) is 42.5 Å². The first kappa shape index (κ1) is 19.2. The van der Waals surface area contributed by atoms with Gasteiger partial charge in [-0.1, -0.05) is 47.6 Å². The highest BCUT2D eigenvalue weighted by Gasteiger charge is 2.28. The highest BCUT2D eigenvalue weighted by Crippen LogP contribution is 2.42. The highest BCUT2D eigenvalue weighted by molar-refractivity contribution is 5.81. The molecule has 1 fully saturated rings. The number of hydrogen-bond donors (Lipinski definition) is 0. The standard InChI is InChI=1S/C22H20N2O5/c1-25-14-28-18-10-5-9-16(22-26-11-6-12-27-22)19(18)20-17(13-23)21(29-24-20)15-7-3-2-4-8-15/h2-5,7-10,22H,6,11-12,14H2,1H3. The predicted octanol–water partition coefficient (Wildman–Crippen LogP) is 4.30. The summed E-state index contributed by atoms with van der Waals surface area (Å²) in [5.41, 5.74) is 2.79. The van der Waals surface area contributed by atoms with Crippen molar-refractivity contribution in [3.8, 4) is 34.4 Å². The van der Waals surface area contributed by atoms with Crippen molar-refractivity contribution in [1.82, 2.24) is 5.16 Å². The molecule has 1 saturated heterocycles. The van der Waals surface area contributed by atoms with E-state index in [1.165, 1.54) is 0 Å². The van der Waals surface area contributed by atoms with Crippen LogP contribution in [-0.2, 0) is 14.2 Å². The Morgan fingerprint density at radius 3 is 2.62 bits per heavy atom. The lowest BCUT2D eigenvalue weighted by molar-refractivity contribution is -0.182. The first-order valence-corrected chi connectivity index (χ1v) is 9.27. The smallest absolute Gasteiger partial charge is 0.188 e. The van der Waals surface area contributed by atoms with Gasteiger partial charge in [-0.25, -0.2) is 0 Å². The molecule has 0 radical (unpaired) electrons. The minimum Gasteiger partial charge on any atom is -0.467 e. The average Bonchev–Trinajstić information content (AvgIpc) is 3.22. The fourth-order valence-corrected chi connectivity index (χ4v) is 3.26. The molecule has 4 rings (SSSR count). The van der Waals surface area contributed by atoms with Crippen LogP contribution in [0.4, 0.5) is 0 Å². The Bertz CT molecular complexity index is 1000. The van der Waals surface area contributed by atoms with E-state index in [4.69, 9.17) is 23.5 Å². The van der Waals surface area contributed by atoms with Crippen molar-refractivity contribution in [1.29, 1.82) is 5.26 Å². The Morgan fingerprint density at radius 1 is 1.10 bits per heavy atom. The monoisotopic (exact) mass is 392 g/mol. The molecule has 0 unspecified atom stereocenters. The number of methoxy groups -OCH3 is 1. The number of rotatable bonds is 6. The Balaban J connectivity index is 1.87. The van der Waals surface area contributed by atoms with Gasteiger partial charge in [-0.05, 0) is 12.5 Å². The first-order chi connectivity index (χ1) is 14.3. The molecule has 3 aromatic rings. The lowest BCUT2D eigenvalue weighted by atomic mass is 9.97. The van der Waals surface area contributed by atoms with E-state index in [2.05, 4.69) is 11.2 Å². The predicted molar refractivity (Wildman–Crippen MR) is 104 cm³/mol. The second-order valence-electron chi connectivity index (χ2n) is 6.41. The van der Waals surface area contributed by atoms with Crippen LogP contribution >= 0.6 is 0 Å². The van der Waals surface area contributed by atoms with Crippen LogP contribution in [0, 0.1) is 11.3 Å². The van der Waals surface area contributed by atoms with Gasteiger partial charge in [-0.3, -0.25) is 0 Å². The summed E-state index contributed by atoms with van der Waals surface area (Å²) in [5.74, 6) is 0.910. The summed E-state index contributed by atoms with van der Waals surface area (Å²) in [4.78, 5) is 0. The fourth-order valence-electron chi connectivity index (χ4n) is 3.26. The number of nitrogens with zero attached hydrogens (tertiary/aromatic N) is 2. The zero-order valence-corrected chi connectivity index (χ0v) is 16.0. The molecule has 1 aliphatic rings. The van der Waals surface area contributed by atoms with E-state index in [1.54, 1.807) is 13.2 Å². The topological polar surface area (TPSA) is 86.7 Å². The SMILES string of the molecule is COCOc1cccc(C2OCCCO2)c1-c1noc(-c2ccccc2)c1C#N. The summed E-state index contributed by atoms with van der Waals surface area (Å²) in [6.07, 6.45) is 0.255. The van der Waals surface area contributed by atoms with Crippen LogP contribution in [0.15, 0.2) is 53.1 Å². The summed E-state index contributed by atoms with van der Waals surface area (Å²) >= 11 is 0. The molecule has 2 heterocycles. The molecule has 1 aliphatic heterocycles. The molecule has 2 aromatic carbocycles.